The third-order valence-electron chi connectivity index (χ3n) is 2.89. The largest absolute Gasteiger partial charge is 0.377 e. The molecule has 1 rings (SSSR count). The maximum atomic E-state index is 5.63. The van der Waals surface area contributed by atoms with Crippen molar-refractivity contribution >= 4 is 0 Å². The van der Waals surface area contributed by atoms with Crippen LogP contribution in [0.15, 0.2) is 0 Å². The highest BCUT2D eigenvalue weighted by Gasteiger charge is 2.34. The average molecular weight is 185 g/mol. The smallest absolute Gasteiger partial charge is 0.0802 e. The Balaban J connectivity index is 2.40. The van der Waals surface area contributed by atoms with E-state index in [2.05, 4.69) is 26.1 Å². The van der Waals surface area contributed by atoms with E-state index in [4.69, 9.17) is 4.74 Å². The van der Waals surface area contributed by atoms with E-state index in [0.717, 1.165) is 6.54 Å². The van der Waals surface area contributed by atoms with Gasteiger partial charge in [0.1, 0.15) is 0 Å². The maximum absolute atomic E-state index is 5.63. The van der Waals surface area contributed by atoms with Gasteiger partial charge in [-0.1, -0.05) is 12.8 Å². The van der Waals surface area contributed by atoms with Crippen LogP contribution in [0.4, 0.5) is 0 Å². The van der Waals surface area contributed by atoms with Gasteiger partial charge in [-0.3, -0.25) is 0 Å². The highest BCUT2D eigenvalue weighted by Crippen LogP contribution is 2.32. The molecule has 0 atom stereocenters. The molecule has 2 nitrogen and oxygen atoms in total. The lowest BCUT2D eigenvalue weighted by Gasteiger charge is -2.32. The first-order valence-corrected chi connectivity index (χ1v) is 5.28. The minimum atomic E-state index is 0.132. The Hall–Kier alpha value is -0.0800. The Morgan fingerprint density at radius 2 is 1.77 bits per heavy atom. The van der Waals surface area contributed by atoms with Crippen LogP contribution in [0.2, 0.25) is 0 Å². The summed E-state index contributed by atoms with van der Waals surface area (Å²) in [5.74, 6) is 0. The first-order valence-electron chi connectivity index (χ1n) is 5.28. The molecule has 0 aromatic rings. The third kappa shape index (κ3) is 3.28. The van der Waals surface area contributed by atoms with Crippen molar-refractivity contribution in [2.24, 2.45) is 0 Å². The Morgan fingerprint density at radius 3 is 2.15 bits per heavy atom. The summed E-state index contributed by atoms with van der Waals surface area (Å²) >= 11 is 0. The second kappa shape index (κ2) is 3.97. The number of hydrogen-bond acceptors (Lipinski definition) is 2. The molecule has 1 N–H and O–H groups in total. The molecule has 78 valence electrons. The molecule has 0 saturated heterocycles. The molecule has 1 saturated carbocycles. The molecule has 0 aromatic carbocycles. The molecule has 0 bridgehead atoms. The molecule has 0 radical (unpaired) electrons. The molecule has 0 aromatic heterocycles. The van der Waals surface area contributed by atoms with Crippen molar-refractivity contribution in [2.45, 2.75) is 57.6 Å². The van der Waals surface area contributed by atoms with Crippen LogP contribution in [-0.2, 0) is 4.74 Å². The maximum Gasteiger partial charge on any atom is 0.0802 e. The molecule has 2 heteroatoms. The predicted octanol–water partition coefficient (Wildman–Crippen LogP) is 2.33. The standard InChI is InChI=1S/C11H23NO/c1-10(2,3)12-9-11(13-4)7-5-6-8-11/h12H,5-9H2,1-4H3. The zero-order valence-electron chi connectivity index (χ0n) is 9.44. The highest BCUT2D eigenvalue weighted by molar-refractivity contribution is 4.90. The molecule has 0 aliphatic heterocycles. The number of methoxy groups -OCH3 is 1. The second-order valence-corrected chi connectivity index (χ2v) is 5.20. The van der Waals surface area contributed by atoms with Crippen LogP contribution in [-0.4, -0.2) is 24.8 Å². The van der Waals surface area contributed by atoms with Crippen LogP contribution < -0.4 is 5.32 Å². The summed E-state index contributed by atoms with van der Waals surface area (Å²) in [4.78, 5) is 0. The molecule has 0 unspecified atom stereocenters. The van der Waals surface area contributed by atoms with Gasteiger partial charge in [0, 0.05) is 19.2 Å². The molecule has 1 fully saturated rings. The monoisotopic (exact) mass is 185 g/mol. The van der Waals surface area contributed by atoms with Gasteiger partial charge in [-0.25, -0.2) is 0 Å². The summed E-state index contributed by atoms with van der Waals surface area (Å²) in [6, 6.07) is 0. The molecular formula is C11H23NO. The van der Waals surface area contributed by atoms with Crippen LogP contribution in [0.1, 0.15) is 46.5 Å². The van der Waals surface area contributed by atoms with Gasteiger partial charge in [0.2, 0.25) is 0 Å². The summed E-state index contributed by atoms with van der Waals surface area (Å²) in [6.45, 7) is 7.59. The molecular weight excluding hydrogens is 162 g/mol. The molecule has 0 heterocycles. The fraction of sp³-hybridized carbons (Fsp3) is 1.00. The predicted molar refractivity (Wildman–Crippen MR) is 56.0 cm³/mol. The van der Waals surface area contributed by atoms with Gasteiger partial charge >= 0.3 is 0 Å². The van der Waals surface area contributed by atoms with E-state index in [0.29, 0.717) is 0 Å². The van der Waals surface area contributed by atoms with E-state index in [1.54, 1.807) is 0 Å². The summed E-state index contributed by atoms with van der Waals surface area (Å²) in [6.07, 6.45) is 5.07. The van der Waals surface area contributed by atoms with Gasteiger partial charge in [-0.05, 0) is 33.6 Å². The van der Waals surface area contributed by atoms with Gasteiger partial charge in [-0.15, -0.1) is 0 Å². The van der Waals surface area contributed by atoms with Crippen LogP contribution >= 0.6 is 0 Å². The SMILES string of the molecule is COC1(CNC(C)(C)C)CCCC1. The average Bonchev–Trinajstić information content (AvgIpc) is 2.49. The Labute approximate surface area is 82.0 Å². The van der Waals surface area contributed by atoms with Crippen LogP contribution in [0.5, 0.6) is 0 Å². The zero-order valence-corrected chi connectivity index (χ0v) is 9.44. The minimum Gasteiger partial charge on any atom is -0.377 e. The highest BCUT2D eigenvalue weighted by atomic mass is 16.5. The molecule has 1 aliphatic rings. The van der Waals surface area contributed by atoms with Crippen molar-refractivity contribution < 1.29 is 4.74 Å². The Bertz CT molecular complexity index is 154. The summed E-state index contributed by atoms with van der Waals surface area (Å²) < 4.78 is 5.63. The van der Waals surface area contributed by atoms with Gasteiger partial charge in [0.25, 0.3) is 0 Å². The van der Waals surface area contributed by atoms with Gasteiger partial charge in [0.05, 0.1) is 5.60 Å². The normalized spacial score (nSPS) is 22.2. The summed E-state index contributed by atoms with van der Waals surface area (Å²) in [7, 11) is 1.84. The Kier molecular flexibility index (Phi) is 3.36. The van der Waals surface area contributed by atoms with E-state index in [1.165, 1.54) is 25.7 Å². The van der Waals surface area contributed by atoms with Crippen molar-refractivity contribution in [3.63, 3.8) is 0 Å². The quantitative estimate of drug-likeness (QED) is 0.728. The first-order chi connectivity index (χ1) is 5.97. The van der Waals surface area contributed by atoms with Gasteiger partial charge in [0.15, 0.2) is 0 Å². The third-order valence-corrected chi connectivity index (χ3v) is 2.89. The van der Waals surface area contributed by atoms with Crippen molar-refractivity contribution in [1.82, 2.24) is 5.32 Å². The van der Waals surface area contributed by atoms with E-state index in [-0.39, 0.29) is 11.1 Å². The van der Waals surface area contributed by atoms with Crippen LogP contribution in [0.25, 0.3) is 0 Å². The molecule has 0 amide bonds. The lowest BCUT2D eigenvalue weighted by molar-refractivity contribution is -0.00747. The molecule has 1 aliphatic carbocycles. The lowest BCUT2D eigenvalue weighted by Crippen LogP contribution is -2.47. The topological polar surface area (TPSA) is 21.3 Å². The van der Waals surface area contributed by atoms with Crippen molar-refractivity contribution in [3.05, 3.63) is 0 Å². The summed E-state index contributed by atoms with van der Waals surface area (Å²) in [5.41, 5.74) is 0.335. The second-order valence-electron chi connectivity index (χ2n) is 5.20. The molecule has 0 spiro atoms. The van der Waals surface area contributed by atoms with Crippen molar-refractivity contribution in [2.75, 3.05) is 13.7 Å². The van der Waals surface area contributed by atoms with Gasteiger partial charge in [-0.2, -0.15) is 0 Å². The Morgan fingerprint density at radius 1 is 1.23 bits per heavy atom. The van der Waals surface area contributed by atoms with E-state index in [1.807, 2.05) is 7.11 Å². The number of nitrogens with one attached hydrogen (secondary N) is 1. The first kappa shape index (κ1) is 11.0. The van der Waals surface area contributed by atoms with Crippen molar-refractivity contribution in [1.29, 1.82) is 0 Å². The van der Waals surface area contributed by atoms with Gasteiger partial charge < -0.3 is 10.1 Å². The van der Waals surface area contributed by atoms with Crippen LogP contribution in [0, 0.1) is 0 Å². The van der Waals surface area contributed by atoms with Crippen molar-refractivity contribution in [3.8, 4) is 0 Å². The minimum absolute atomic E-state index is 0.132. The van der Waals surface area contributed by atoms with E-state index in [9.17, 15) is 0 Å². The van der Waals surface area contributed by atoms with E-state index < -0.39 is 0 Å². The number of ether oxygens (including phenoxy) is 1. The number of rotatable bonds is 3. The fourth-order valence-corrected chi connectivity index (χ4v) is 1.90. The fourth-order valence-electron chi connectivity index (χ4n) is 1.90. The van der Waals surface area contributed by atoms with E-state index >= 15 is 0 Å². The number of hydrogen-bond donors (Lipinski definition) is 1. The molecule has 13 heavy (non-hydrogen) atoms. The summed E-state index contributed by atoms with van der Waals surface area (Å²) in [5, 5.41) is 3.53. The van der Waals surface area contributed by atoms with Crippen LogP contribution in [0.3, 0.4) is 0 Å². The lowest BCUT2D eigenvalue weighted by atomic mass is 10.00. The zero-order chi connectivity index (χ0) is 9.95.